The van der Waals surface area contributed by atoms with Crippen molar-refractivity contribution in [2.45, 2.75) is 12.3 Å². The summed E-state index contributed by atoms with van der Waals surface area (Å²) in [5.41, 5.74) is 12.2. The topological polar surface area (TPSA) is 98.5 Å². The van der Waals surface area contributed by atoms with Gasteiger partial charge >= 0.3 is 0 Å². The number of carbonyl (C=O) groups is 2. The molecule has 0 saturated carbocycles. The number of amides is 2. The number of carbonyl (C=O) groups excluding carboxylic acids is 2. The summed E-state index contributed by atoms with van der Waals surface area (Å²) in [4.78, 5) is 27.6. The Labute approximate surface area is 133 Å². The Balaban J connectivity index is 2.33. The summed E-state index contributed by atoms with van der Waals surface area (Å²) >= 11 is 0. The van der Waals surface area contributed by atoms with E-state index in [9.17, 15) is 9.59 Å². The largest absolute Gasteiger partial charge is 0.366 e. The van der Waals surface area contributed by atoms with Gasteiger partial charge in [0.15, 0.2) is 0 Å². The second-order valence-electron chi connectivity index (χ2n) is 5.92. The Kier molecular flexibility index (Phi) is 3.48. The van der Waals surface area contributed by atoms with Crippen LogP contribution in [0.5, 0.6) is 0 Å². The zero-order valence-corrected chi connectivity index (χ0v) is 12.7. The van der Waals surface area contributed by atoms with E-state index in [1.807, 2.05) is 25.1 Å². The predicted octanol–water partition coefficient (Wildman–Crippen LogP) is 1.94. The maximum absolute atomic E-state index is 11.9. The molecule has 5 nitrogen and oxygen atoms in total. The van der Waals surface area contributed by atoms with E-state index in [1.165, 1.54) is 0 Å². The number of primary amides is 2. The van der Waals surface area contributed by atoms with Crippen LogP contribution in [0.4, 0.5) is 0 Å². The third kappa shape index (κ3) is 2.50. The van der Waals surface area contributed by atoms with Crippen molar-refractivity contribution in [3.63, 3.8) is 0 Å². The molecule has 3 rings (SSSR count). The fraction of sp³-hybridized carbons (Fsp3) is 0.167. The highest BCUT2D eigenvalue weighted by molar-refractivity contribution is 6.04. The van der Waals surface area contributed by atoms with Gasteiger partial charge in [-0.25, -0.2) is 0 Å². The lowest BCUT2D eigenvalue weighted by Gasteiger charge is -2.29. The minimum absolute atomic E-state index is 0.428. The van der Waals surface area contributed by atoms with Crippen molar-refractivity contribution in [2.75, 3.05) is 6.54 Å². The number of nitrogens with zero attached hydrogens (tertiary/aromatic N) is 1. The Morgan fingerprint density at radius 2 is 1.91 bits per heavy atom. The Bertz CT molecular complexity index is 883. The summed E-state index contributed by atoms with van der Waals surface area (Å²) in [6, 6.07) is 8.69. The second kappa shape index (κ2) is 5.35. The maximum atomic E-state index is 11.9. The molecular formula is C18H17N3O2. The number of nitrogens with two attached hydrogens (primary N) is 2. The van der Waals surface area contributed by atoms with Crippen LogP contribution in [0.2, 0.25) is 0 Å². The molecule has 0 aliphatic carbocycles. The van der Waals surface area contributed by atoms with Crippen LogP contribution in [-0.2, 0) is 5.41 Å². The van der Waals surface area contributed by atoms with Gasteiger partial charge in [-0.1, -0.05) is 25.1 Å². The molecule has 1 aliphatic rings. The van der Waals surface area contributed by atoms with Gasteiger partial charge in [-0.3, -0.25) is 14.6 Å². The first kappa shape index (κ1) is 15.0. The van der Waals surface area contributed by atoms with E-state index in [0.717, 1.165) is 16.3 Å². The summed E-state index contributed by atoms with van der Waals surface area (Å²) in [6.07, 6.45) is 5.62. The van der Waals surface area contributed by atoms with Crippen LogP contribution >= 0.6 is 0 Å². The van der Waals surface area contributed by atoms with Crippen LogP contribution in [0, 0.1) is 0 Å². The molecule has 0 fully saturated rings. The van der Waals surface area contributed by atoms with Crippen LogP contribution < -0.4 is 11.5 Å². The standard InChI is InChI=1S/C18H17N3O2/c1-18(7-2-8-21-10-18)15-13-5-4-12(16(19)22)9-11(13)3-6-14(15)17(20)23/h2-9H,10H2,1H3,(H2,19,22)(H2,20,23). The van der Waals surface area contributed by atoms with Crippen molar-refractivity contribution in [2.24, 2.45) is 16.5 Å². The second-order valence-corrected chi connectivity index (χ2v) is 5.92. The molecule has 23 heavy (non-hydrogen) atoms. The number of hydrogen-bond acceptors (Lipinski definition) is 3. The molecule has 1 atom stereocenters. The summed E-state index contributed by atoms with van der Waals surface area (Å²) in [7, 11) is 0. The molecule has 0 radical (unpaired) electrons. The Morgan fingerprint density at radius 1 is 1.13 bits per heavy atom. The average Bonchev–Trinajstić information content (AvgIpc) is 2.53. The van der Waals surface area contributed by atoms with Crippen molar-refractivity contribution in [1.29, 1.82) is 0 Å². The minimum atomic E-state index is -0.485. The van der Waals surface area contributed by atoms with Gasteiger partial charge < -0.3 is 11.5 Å². The van der Waals surface area contributed by atoms with Crippen molar-refractivity contribution >= 4 is 28.8 Å². The van der Waals surface area contributed by atoms with Gasteiger partial charge in [0.2, 0.25) is 11.8 Å². The zero-order valence-electron chi connectivity index (χ0n) is 12.7. The number of aliphatic imine (C=N–C) groups is 1. The quantitative estimate of drug-likeness (QED) is 0.905. The van der Waals surface area contributed by atoms with Gasteiger partial charge in [0, 0.05) is 22.8 Å². The van der Waals surface area contributed by atoms with Crippen LogP contribution in [0.3, 0.4) is 0 Å². The molecule has 0 bridgehead atoms. The summed E-state index contributed by atoms with van der Waals surface area (Å²) in [6.45, 7) is 2.55. The highest BCUT2D eigenvalue weighted by Crippen LogP contribution is 2.36. The average molecular weight is 307 g/mol. The summed E-state index contributed by atoms with van der Waals surface area (Å²) < 4.78 is 0. The van der Waals surface area contributed by atoms with Crippen LogP contribution in [-0.4, -0.2) is 24.6 Å². The normalized spacial score (nSPS) is 19.9. The number of benzene rings is 2. The van der Waals surface area contributed by atoms with Gasteiger partial charge in [-0.15, -0.1) is 0 Å². The Morgan fingerprint density at radius 3 is 2.52 bits per heavy atom. The van der Waals surface area contributed by atoms with Crippen LogP contribution in [0.25, 0.3) is 10.8 Å². The molecule has 4 N–H and O–H groups in total. The van der Waals surface area contributed by atoms with Crippen molar-refractivity contribution < 1.29 is 9.59 Å². The monoisotopic (exact) mass is 307 g/mol. The number of rotatable bonds is 3. The van der Waals surface area contributed by atoms with E-state index in [1.54, 1.807) is 30.5 Å². The van der Waals surface area contributed by atoms with Crippen molar-refractivity contribution in [3.05, 3.63) is 59.2 Å². The third-order valence-electron chi connectivity index (χ3n) is 4.22. The minimum Gasteiger partial charge on any atom is -0.366 e. The first-order valence-corrected chi connectivity index (χ1v) is 7.27. The van der Waals surface area contributed by atoms with Crippen LogP contribution in [0.1, 0.15) is 33.2 Å². The number of dihydropyridines is 1. The van der Waals surface area contributed by atoms with E-state index in [-0.39, 0.29) is 0 Å². The van der Waals surface area contributed by atoms with Crippen LogP contribution in [0.15, 0.2) is 47.5 Å². The van der Waals surface area contributed by atoms with E-state index in [2.05, 4.69) is 4.99 Å². The molecular weight excluding hydrogens is 290 g/mol. The van der Waals surface area contributed by atoms with Gasteiger partial charge in [-0.05, 0) is 40.6 Å². The fourth-order valence-corrected chi connectivity index (χ4v) is 3.08. The highest BCUT2D eigenvalue weighted by Gasteiger charge is 2.30. The van der Waals surface area contributed by atoms with Crippen molar-refractivity contribution in [3.8, 4) is 0 Å². The Hall–Kier alpha value is -2.95. The SMILES string of the molecule is CC1(c2c(C(N)=O)ccc3cc(C(N)=O)ccc23)C=CC=NC1. The molecule has 116 valence electrons. The van der Waals surface area contributed by atoms with Crippen molar-refractivity contribution in [1.82, 2.24) is 0 Å². The van der Waals surface area contributed by atoms with Gasteiger partial charge in [-0.2, -0.15) is 0 Å². The van der Waals surface area contributed by atoms with E-state index in [0.29, 0.717) is 17.7 Å². The molecule has 5 heteroatoms. The van der Waals surface area contributed by atoms with E-state index < -0.39 is 17.2 Å². The molecule has 0 aromatic heterocycles. The highest BCUT2D eigenvalue weighted by atomic mass is 16.1. The lowest BCUT2D eigenvalue weighted by Crippen LogP contribution is -2.29. The number of fused-ring (bicyclic) bond motifs is 1. The fourth-order valence-electron chi connectivity index (χ4n) is 3.08. The number of hydrogen-bond donors (Lipinski definition) is 2. The molecule has 2 aromatic rings. The predicted molar refractivity (Wildman–Crippen MR) is 90.8 cm³/mol. The van der Waals surface area contributed by atoms with Gasteiger partial charge in [0.25, 0.3) is 0 Å². The maximum Gasteiger partial charge on any atom is 0.249 e. The summed E-state index contributed by atoms with van der Waals surface area (Å²) in [5, 5.41) is 1.71. The smallest absolute Gasteiger partial charge is 0.249 e. The third-order valence-corrected chi connectivity index (χ3v) is 4.22. The van der Waals surface area contributed by atoms with E-state index in [4.69, 9.17) is 11.5 Å². The molecule has 1 aliphatic heterocycles. The first-order chi connectivity index (χ1) is 10.9. The first-order valence-electron chi connectivity index (χ1n) is 7.27. The lowest BCUT2D eigenvalue weighted by molar-refractivity contribution is 0.0990. The molecule has 1 unspecified atom stereocenters. The van der Waals surface area contributed by atoms with Gasteiger partial charge in [0.1, 0.15) is 0 Å². The zero-order chi connectivity index (χ0) is 16.6. The summed E-state index contributed by atoms with van der Waals surface area (Å²) in [5.74, 6) is -0.967. The molecule has 2 aromatic carbocycles. The molecule has 1 heterocycles. The lowest BCUT2D eigenvalue weighted by atomic mass is 9.76. The molecule has 0 saturated heterocycles. The molecule has 0 spiro atoms. The molecule has 2 amide bonds. The van der Waals surface area contributed by atoms with E-state index >= 15 is 0 Å². The van der Waals surface area contributed by atoms with Gasteiger partial charge in [0.05, 0.1) is 6.54 Å². The number of allylic oxidation sites excluding steroid dienone is 1.